The summed E-state index contributed by atoms with van der Waals surface area (Å²) < 4.78 is 21.9. The monoisotopic (exact) mass is 249 g/mol. The molecule has 0 saturated heterocycles. The van der Waals surface area contributed by atoms with Gasteiger partial charge >= 0.3 is 0 Å². The van der Waals surface area contributed by atoms with E-state index in [0.717, 1.165) is 6.54 Å². The number of hydrogen-bond acceptors (Lipinski definition) is 3. The second-order valence-corrected chi connectivity index (χ2v) is 7.66. The highest BCUT2D eigenvalue weighted by molar-refractivity contribution is 7.92. The van der Waals surface area contributed by atoms with E-state index < -0.39 is 14.6 Å². The van der Waals surface area contributed by atoms with Gasteiger partial charge in [-0.2, -0.15) is 0 Å². The van der Waals surface area contributed by atoms with Gasteiger partial charge in [0.25, 0.3) is 0 Å². The normalized spacial score (nSPS) is 14.2. The van der Waals surface area contributed by atoms with Gasteiger partial charge in [-0.1, -0.05) is 13.8 Å². The molecule has 0 aliphatic carbocycles. The molecular formula is C10H23N3O2S. The molecule has 0 aliphatic heterocycles. The Kier molecular flexibility index (Phi) is 5.25. The van der Waals surface area contributed by atoms with Crippen LogP contribution in [0.1, 0.15) is 27.7 Å². The number of nitrogens with one attached hydrogen (secondary N) is 1. The Labute approximate surface area is 98.4 Å². The Bertz CT molecular complexity index is 345. The Morgan fingerprint density at radius 1 is 1.44 bits per heavy atom. The van der Waals surface area contributed by atoms with Crippen LogP contribution in [0.5, 0.6) is 0 Å². The molecule has 0 unspecified atom stereocenters. The molecule has 96 valence electrons. The maximum atomic E-state index is 11.4. The molecule has 0 aromatic carbocycles. The van der Waals surface area contributed by atoms with Gasteiger partial charge in [0, 0.05) is 12.8 Å². The predicted molar refractivity (Wildman–Crippen MR) is 68.3 cm³/mol. The lowest BCUT2D eigenvalue weighted by Crippen LogP contribution is -2.38. The van der Waals surface area contributed by atoms with E-state index in [-0.39, 0.29) is 6.54 Å². The van der Waals surface area contributed by atoms with E-state index >= 15 is 0 Å². The molecular weight excluding hydrogens is 226 g/mol. The van der Waals surface area contributed by atoms with Crippen LogP contribution >= 0.6 is 0 Å². The summed E-state index contributed by atoms with van der Waals surface area (Å²) >= 11 is 0. The van der Waals surface area contributed by atoms with Crippen molar-refractivity contribution >= 4 is 15.8 Å². The molecule has 0 saturated carbocycles. The molecule has 3 N–H and O–H groups in total. The molecule has 0 fully saturated rings. The predicted octanol–water partition coefficient (Wildman–Crippen LogP) is 0.370. The second kappa shape index (κ2) is 5.52. The van der Waals surface area contributed by atoms with Crippen molar-refractivity contribution in [3.63, 3.8) is 0 Å². The lowest BCUT2D eigenvalue weighted by Gasteiger charge is -2.20. The molecule has 0 amide bonds. The Balaban J connectivity index is 4.37. The molecule has 0 spiro atoms. The third-order valence-electron chi connectivity index (χ3n) is 2.33. The fraction of sp³-hybridized carbons (Fsp3) is 0.900. The first-order chi connectivity index (χ1) is 7.06. The number of rotatable bonds is 5. The summed E-state index contributed by atoms with van der Waals surface area (Å²) in [5.74, 6) is 0.766. The average molecular weight is 249 g/mol. The third-order valence-corrected chi connectivity index (χ3v) is 4.46. The third kappa shape index (κ3) is 5.34. The van der Waals surface area contributed by atoms with Crippen LogP contribution in [0.25, 0.3) is 0 Å². The minimum atomic E-state index is -3.12. The molecule has 0 radical (unpaired) electrons. The second-order valence-electron chi connectivity index (χ2n) is 5.01. The molecule has 0 bridgehead atoms. The van der Waals surface area contributed by atoms with Gasteiger partial charge in [0.15, 0.2) is 15.8 Å². The van der Waals surface area contributed by atoms with Crippen molar-refractivity contribution in [2.45, 2.75) is 32.4 Å². The number of guanidine groups is 1. The molecule has 5 nitrogen and oxygen atoms in total. The molecule has 0 aliphatic rings. The Hall–Kier alpha value is -0.780. The quantitative estimate of drug-likeness (QED) is 0.544. The van der Waals surface area contributed by atoms with E-state index in [1.54, 1.807) is 13.8 Å². The zero-order chi connectivity index (χ0) is 13.0. The molecule has 0 rings (SSSR count). The van der Waals surface area contributed by atoms with Crippen molar-refractivity contribution in [1.82, 2.24) is 5.32 Å². The molecule has 0 aromatic rings. The molecule has 16 heavy (non-hydrogen) atoms. The summed E-state index contributed by atoms with van der Waals surface area (Å²) in [6.45, 7) is 8.29. The van der Waals surface area contributed by atoms with Gasteiger partial charge in [-0.25, -0.2) is 8.42 Å². The van der Waals surface area contributed by atoms with Crippen LogP contribution in [0.15, 0.2) is 4.99 Å². The zero-order valence-corrected chi connectivity index (χ0v) is 11.6. The van der Waals surface area contributed by atoms with Gasteiger partial charge < -0.3 is 11.1 Å². The van der Waals surface area contributed by atoms with Crippen LogP contribution in [0, 0.1) is 5.92 Å². The molecule has 0 aromatic heterocycles. The largest absolute Gasteiger partial charge is 0.370 e. The minimum Gasteiger partial charge on any atom is -0.370 e. The van der Waals surface area contributed by atoms with Crippen LogP contribution in [0.2, 0.25) is 0 Å². The van der Waals surface area contributed by atoms with Crippen LogP contribution in [0.3, 0.4) is 0 Å². The van der Waals surface area contributed by atoms with Crippen molar-refractivity contribution < 1.29 is 8.42 Å². The lowest BCUT2D eigenvalue weighted by atomic mass is 10.2. The number of hydrogen-bond donors (Lipinski definition) is 2. The van der Waals surface area contributed by atoms with Gasteiger partial charge in [0.2, 0.25) is 0 Å². The highest BCUT2D eigenvalue weighted by Crippen LogP contribution is 2.14. The topological polar surface area (TPSA) is 84.5 Å². The van der Waals surface area contributed by atoms with Gasteiger partial charge in [-0.3, -0.25) is 4.99 Å². The van der Waals surface area contributed by atoms with Gasteiger partial charge in [0.05, 0.1) is 11.3 Å². The smallest absolute Gasteiger partial charge is 0.188 e. The minimum absolute atomic E-state index is 0.169. The first-order valence-corrected chi connectivity index (χ1v) is 7.19. The van der Waals surface area contributed by atoms with Crippen LogP contribution < -0.4 is 11.1 Å². The standard InChI is InChI=1S/C10H23N3O2S/c1-8(2)6-12-9(11)13-7-10(3,4)16(5,14)15/h8H,6-7H2,1-5H3,(H3,11,12,13). The summed E-state index contributed by atoms with van der Waals surface area (Å²) in [5.41, 5.74) is 5.62. The van der Waals surface area contributed by atoms with Gasteiger partial charge in [-0.15, -0.1) is 0 Å². The van der Waals surface area contributed by atoms with Crippen molar-refractivity contribution in [2.75, 3.05) is 19.3 Å². The van der Waals surface area contributed by atoms with Crippen molar-refractivity contribution in [2.24, 2.45) is 16.6 Å². The SMILES string of the molecule is CC(C)CNC(N)=NCC(C)(C)S(C)(=O)=O. The first kappa shape index (κ1) is 15.2. The number of sulfone groups is 1. The summed E-state index contributed by atoms with van der Waals surface area (Å²) in [4.78, 5) is 4.04. The molecule has 0 atom stereocenters. The van der Waals surface area contributed by atoms with E-state index in [4.69, 9.17) is 5.73 Å². The van der Waals surface area contributed by atoms with Crippen molar-refractivity contribution in [3.8, 4) is 0 Å². The summed E-state index contributed by atoms with van der Waals surface area (Å²) in [6, 6.07) is 0. The highest BCUT2D eigenvalue weighted by atomic mass is 32.2. The number of nitrogens with two attached hydrogens (primary N) is 1. The van der Waals surface area contributed by atoms with E-state index in [1.807, 2.05) is 0 Å². The number of nitrogens with zero attached hydrogens (tertiary/aromatic N) is 1. The fourth-order valence-electron chi connectivity index (χ4n) is 0.757. The lowest BCUT2D eigenvalue weighted by molar-refractivity contribution is 0.554. The Morgan fingerprint density at radius 3 is 2.31 bits per heavy atom. The summed E-state index contributed by atoms with van der Waals surface area (Å²) in [6.07, 6.45) is 1.21. The number of aliphatic imine (C=N–C) groups is 1. The van der Waals surface area contributed by atoms with E-state index in [2.05, 4.69) is 24.2 Å². The van der Waals surface area contributed by atoms with Gasteiger partial charge in [-0.05, 0) is 19.8 Å². The first-order valence-electron chi connectivity index (χ1n) is 5.29. The summed E-state index contributed by atoms with van der Waals surface area (Å²) in [7, 11) is -3.12. The average Bonchev–Trinajstić information content (AvgIpc) is 2.09. The van der Waals surface area contributed by atoms with E-state index in [1.165, 1.54) is 6.26 Å². The fourth-order valence-corrected chi connectivity index (χ4v) is 1.06. The van der Waals surface area contributed by atoms with E-state index in [9.17, 15) is 8.42 Å². The van der Waals surface area contributed by atoms with Gasteiger partial charge in [0.1, 0.15) is 0 Å². The maximum Gasteiger partial charge on any atom is 0.188 e. The van der Waals surface area contributed by atoms with Crippen molar-refractivity contribution in [1.29, 1.82) is 0 Å². The van der Waals surface area contributed by atoms with Crippen LogP contribution in [0.4, 0.5) is 0 Å². The molecule has 0 heterocycles. The Morgan fingerprint density at radius 2 is 1.94 bits per heavy atom. The maximum absolute atomic E-state index is 11.4. The van der Waals surface area contributed by atoms with E-state index in [0.29, 0.717) is 11.9 Å². The van der Waals surface area contributed by atoms with Crippen LogP contribution in [-0.2, 0) is 9.84 Å². The summed E-state index contributed by atoms with van der Waals surface area (Å²) in [5, 5.41) is 2.94. The van der Waals surface area contributed by atoms with Crippen LogP contribution in [-0.4, -0.2) is 38.5 Å². The highest BCUT2D eigenvalue weighted by Gasteiger charge is 2.29. The van der Waals surface area contributed by atoms with Crippen molar-refractivity contribution in [3.05, 3.63) is 0 Å². The zero-order valence-electron chi connectivity index (χ0n) is 10.7. The molecule has 6 heteroatoms.